The van der Waals surface area contributed by atoms with E-state index in [0.717, 1.165) is 24.8 Å². The molecule has 5 nitrogen and oxygen atoms in total. The third-order valence-corrected chi connectivity index (χ3v) is 7.55. The fourth-order valence-electron chi connectivity index (χ4n) is 3.38. The highest BCUT2D eigenvalue weighted by molar-refractivity contribution is 7.99. The van der Waals surface area contributed by atoms with Gasteiger partial charge in [-0.2, -0.15) is 0 Å². The topological polar surface area (TPSA) is 64.0 Å². The van der Waals surface area contributed by atoms with Gasteiger partial charge in [0, 0.05) is 17.5 Å². The molecule has 3 aromatic rings. The summed E-state index contributed by atoms with van der Waals surface area (Å²) in [4.78, 5) is 31.1. The molecule has 1 amide bonds. The molecule has 0 spiro atoms. The summed E-state index contributed by atoms with van der Waals surface area (Å²) in [6, 6.07) is 6.28. The molecule has 3 aromatic heterocycles. The van der Waals surface area contributed by atoms with Crippen LogP contribution in [0.1, 0.15) is 30.6 Å². The third-order valence-electron chi connectivity index (χ3n) is 4.75. The molecule has 27 heavy (non-hydrogen) atoms. The molecule has 0 radical (unpaired) electrons. The Balaban J connectivity index is 1.51. The van der Waals surface area contributed by atoms with E-state index in [4.69, 9.17) is 0 Å². The number of rotatable bonds is 7. The molecule has 1 N–H and O–H groups in total. The number of hydrogen-bond donors (Lipinski definition) is 1. The maximum atomic E-state index is 12.9. The van der Waals surface area contributed by atoms with E-state index < -0.39 is 0 Å². The van der Waals surface area contributed by atoms with Gasteiger partial charge >= 0.3 is 0 Å². The van der Waals surface area contributed by atoms with Crippen LogP contribution in [0.4, 0.5) is 0 Å². The minimum atomic E-state index is -0.00902. The van der Waals surface area contributed by atoms with Gasteiger partial charge in [0.15, 0.2) is 5.16 Å². The van der Waals surface area contributed by atoms with Crippen LogP contribution in [0, 0.1) is 0 Å². The smallest absolute Gasteiger partial charge is 0.272 e. The van der Waals surface area contributed by atoms with Crippen LogP contribution < -0.4 is 10.9 Å². The van der Waals surface area contributed by atoms with Gasteiger partial charge in [-0.1, -0.05) is 30.7 Å². The Morgan fingerprint density at radius 3 is 2.89 bits per heavy atom. The molecular formula is C19H21N3O2S3. The first kappa shape index (κ1) is 18.7. The van der Waals surface area contributed by atoms with Gasteiger partial charge < -0.3 is 5.32 Å². The van der Waals surface area contributed by atoms with Crippen LogP contribution in [0.25, 0.3) is 10.2 Å². The Morgan fingerprint density at radius 2 is 2.11 bits per heavy atom. The molecule has 1 aliphatic rings. The maximum Gasteiger partial charge on any atom is 0.272 e. The van der Waals surface area contributed by atoms with Gasteiger partial charge in [0.25, 0.3) is 5.56 Å². The molecule has 1 fully saturated rings. The Kier molecular flexibility index (Phi) is 5.95. The van der Waals surface area contributed by atoms with E-state index >= 15 is 0 Å². The van der Waals surface area contributed by atoms with Gasteiger partial charge in [-0.15, -0.1) is 22.7 Å². The lowest BCUT2D eigenvalue weighted by atomic mass is 10.2. The second-order valence-corrected chi connectivity index (χ2v) is 9.54. The van der Waals surface area contributed by atoms with Crippen molar-refractivity contribution in [3.8, 4) is 0 Å². The standard InChI is InChI=1S/C19H21N3O2S3/c23-16(20-13-4-1-2-5-13)12-27-19-21-15-8-11-26-17(15)18(24)22(19)9-7-14-6-3-10-25-14/h3,6,8,10-11,13H,1-2,4-5,7,9,12H2,(H,20,23). The van der Waals surface area contributed by atoms with E-state index in [1.165, 1.54) is 40.8 Å². The summed E-state index contributed by atoms with van der Waals surface area (Å²) in [6.45, 7) is 0.576. The van der Waals surface area contributed by atoms with Crippen LogP contribution >= 0.6 is 34.4 Å². The second-order valence-electron chi connectivity index (χ2n) is 6.65. The van der Waals surface area contributed by atoms with Crippen LogP contribution in [-0.2, 0) is 17.8 Å². The highest BCUT2D eigenvalue weighted by atomic mass is 32.2. The van der Waals surface area contributed by atoms with Crippen molar-refractivity contribution in [2.45, 2.75) is 49.8 Å². The molecule has 1 saturated carbocycles. The van der Waals surface area contributed by atoms with Crippen molar-refractivity contribution in [3.05, 3.63) is 44.2 Å². The lowest BCUT2D eigenvalue weighted by Crippen LogP contribution is -2.34. The van der Waals surface area contributed by atoms with Gasteiger partial charge in [0.1, 0.15) is 4.70 Å². The number of nitrogens with zero attached hydrogens (tertiary/aromatic N) is 2. The number of hydrogen-bond acceptors (Lipinski definition) is 6. The zero-order valence-electron chi connectivity index (χ0n) is 14.8. The average molecular weight is 420 g/mol. The Morgan fingerprint density at radius 1 is 1.26 bits per heavy atom. The van der Waals surface area contributed by atoms with Crippen LogP contribution in [0.15, 0.2) is 38.9 Å². The van der Waals surface area contributed by atoms with Crippen molar-refractivity contribution in [2.24, 2.45) is 0 Å². The Bertz CT molecular complexity index is 972. The average Bonchev–Trinajstić information content (AvgIpc) is 3.41. The van der Waals surface area contributed by atoms with E-state index in [-0.39, 0.29) is 17.2 Å². The zero-order valence-corrected chi connectivity index (χ0v) is 17.3. The summed E-state index contributed by atoms with van der Waals surface area (Å²) in [7, 11) is 0. The van der Waals surface area contributed by atoms with Gasteiger partial charge in [-0.25, -0.2) is 4.98 Å². The fraction of sp³-hybridized carbons (Fsp3) is 0.421. The van der Waals surface area contributed by atoms with Gasteiger partial charge in [-0.3, -0.25) is 14.2 Å². The van der Waals surface area contributed by atoms with Gasteiger partial charge in [0.05, 0.1) is 11.3 Å². The van der Waals surface area contributed by atoms with E-state index in [1.807, 2.05) is 22.9 Å². The molecular weight excluding hydrogens is 398 g/mol. The minimum absolute atomic E-state index is 0.00902. The molecule has 0 aliphatic heterocycles. The molecule has 0 bridgehead atoms. The van der Waals surface area contributed by atoms with E-state index in [2.05, 4.69) is 16.4 Å². The number of carbonyl (C=O) groups is 1. The highest BCUT2D eigenvalue weighted by Gasteiger charge is 2.18. The summed E-state index contributed by atoms with van der Waals surface area (Å²) in [5.41, 5.74) is 0.710. The molecule has 0 atom stereocenters. The number of thiophene rings is 2. The summed E-state index contributed by atoms with van der Waals surface area (Å²) >= 11 is 4.47. The molecule has 3 heterocycles. The van der Waals surface area contributed by atoms with Crippen molar-refractivity contribution in [1.82, 2.24) is 14.9 Å². The molecule has 0 aromatic carbocycles. The predicted octanol–water partition coefficient (Wildman–Crippen LogP) is 3.91. The third kappa shape index (κ3) is 4.44. The summed E-state index contributed by atoms with van der Waals surface area (Å²) < 4.78 is 2.41. The van der Waals surface area contributed by atoms with Crippen LogP contribution in [0.2, 0.25) is 0 Å². The number of carbonyl (C=O) groups excluding carboxylic acids is 1. The van der Waals surface area contributed by atoms with E-state index in [0.29, 0.717) is 22.4 Å². The fourth-order valence-corrected chi connectivity index (χ4v) is 5.69. The SMILES string of the molecule is O=C(CSc1nc2ccsc2c(=O)n1CCc1cccs1)NC1CCCC1. The quantitative estimate of drug-likeness (QED) is 0.466. The molecule has 8 heteroatoms. The first-order valence-corrected chi connectivity index (χ1v) is 11.9. The van der Waals surface area contributed by atoms with Crippen molar-refractivity contribution < 1.29 is 4.79 Å². The second kappa shape index (κ2) is 8.58. The summed E-state index contributed by atoms with van der Waals surface area (Å²) in [5.74, 6) is 0.314. The zero-order chi connectivity index (χ0) is 18.6. The monoisotopic (exact) mass is 419 g/mol. The van der Waals surface area contributed by atoms with Gasteiger partial charge in [-0.05, 0) is 42.2 Å². The van der Waals surface area contributed by atoms with Crippen molar-refractivity contribution >= 4 is 50.6 Å². The van der Waals surface area contributed by atoms with Gasteiger partial charge in [0.2, 0.25) is 5.91 Å². The first-order valence-electron chi connectivity index (χ1n) is 9.13. The number of amides is 1. The van der Waals surface area contributed by atoms with Crippen LogP contribution in [-0.4, -0.2) is 27.3 Å². The van der Waals surface area contributed by atoms with Crippen molar-refractivity contribution in [1.29, 1.82) is 0 Å². The number of aryl methyl sites for hydroxylation is 1. The number of fused-ring (bicyclic) bond motifs is 1. The molecule has 0 unspecified atom stereocenters. The van der Waals surface area contributed by atoms with Crippen LogP contribution in [0.3, 0.4) is 0 Å². The highest BCUT2D eigenvalue weighted by Crippen LogP contribution is 2.22. The molecule has 0 saturated heterocycles. The Hall–Kier alpha value is -1.64. The maximum absolute atomic E-state index is 12.9. The lowest BCUT2D eigenvalue weighted by molar-refractivity contribution is -0.119. The lowest BCUT2D eigenvalue weighted by Gasteiger charge is -2.13. The predicted molar refractivity (Wildman–Crippen MR) is 113 cm³/mol. The minimum Gasteiger partial charge on any atom is -0.353 e. The van der Waals surface area contributed by atoms with Crippen molar-refractivity contribution in [3.63, 3.8) is 0 Å². The van der Waals surface area contributed by atoms with E-state index in [1.54, 1.807) is 15.9 Å². The largest absolute Gasteiger partial charge is 0.353 e. The number of nitrogens with one attached hydrogen (secondary N) is 1. The van der Waals surface area contributed by atoms with E-state index in [9.17, 15) is 9.59 Å². The molecule has 142 valence electrons. The number of aromatic nitrogens is 2. The first-order chi connectivity index (χ1) is 13.2. The molecule has 1 aliphatic carbocycles. The van der Waals surface area contributed by atoms with Crippen LogP contribution in [0.5, 0.6) is 0 Å². The normalized spacial score (nSPS) is 14.8. The number of thioether (sulfide) groups is 1. The Labute approximate surface area is 169 Å². The molecule has 4 rings (SSSR count). The summed E-state index contributed by atoms with van der Waals surface area (Å²) in [5, 5.41) is 7.66. The van der Waals surface area contributed by atoms with Crippen molar-refractivity contribution in [2.75, 3.05) is 5.75 Å². The summed E-state index contributed by atoms with van der Waals surface area (Å²) in [6.07, 6.45) is 5.31.